The van der Waals surface area contributed by atoms with Gasteiger partial charge in [-0.05, 0) is 31.2 Å². The molecular formula is C10H9BrN2O. The fraction of sp³-hybridized carbons (Fsp3) is 0.200. The van der Waals surface area contributed by atoms with E-state index in [-0.39, 0.29) is 0 Å². The van der Waals surface area contributed by atoms with E-state index in [4.69, 9.17) is 4.74 Å². The van der Waals surface area contributed by atoms with Crippen LogP contribution in [-0.4, -0.2) is 16.6 Å². The molecular weight excluding hydrogens is 244 g/mol. The monoisotopic (exact) mass is 252 g/mol. The summed E-state index contributed by atoms with van der Waals surface area (Å²) in [4.78, 5) is 8.46. The average Bonchev–Trinajstić information content (AvgIpc) is 2.47. The minimum Gasteiger partial charge on any atom is -0.464 e. The summed E-state index contributed by atoms with van der Waals surface area (Å²) in [6.07, 6.45) is 0. The SMILES string of the molecule is CCOc1nc2ccc(Br)ccc-2n1. The van der Waals surface area contributed by atoms with E-state index < -0.39 is 0 Å². The molecule has 0 atom stereocenters. The zero-order valence-corrected chi connectivity index (χ0v) is 9.28. The van der Waals surface area contributed by atoms with Gasteiger partial charge in [0.2, 0.25) is 0 Å². The van der Waals surface area contributed by atoms with Crippen molar-refractivity contribution in [3.8, 4) is 17.4 Å². The maximum atomic E-state index is 5.22. The van der Waals surface area contributed by atoms with Crippen molar-refractivity contribution < 1.29 is 4.74 Å². The van der Waals surface area contributed by atoms with E-state index >= 15 is 0 Å². The van der Waals surface area contributed by atoms with Crippen LogP contribution < -0.4 is 4.74 Å². The number of imidazole rings is 1. The van der Waals surface area contributed by atoms with Crippen LogP contribution in [0.2, 0.25) is 0 Å². The second-order valence-electron chi connectivity index (χ2n) is 2.76. The van der Waals surface area contributed by atoms with Gasteiger partial charge in [-0.3, -0.25) is 0 Å². The minimum atomic E-state index is 0.449. The lowest BCUT2D eigenvalue weighted by atomic mass is 10.3. The van der Waals surface area contributed by atoms with Crippen LogP contribution in [0.1, 0.15) is 6.92 Å². The van der Waals surface area contributed by atoms with Gasteiger partial charge in [0.1, 0.15) is 0 Å². The standard InChI is InChI=1S/C10H9BrN2O/c1-2-14-10-12-8-5-3-7(11)4-6-9(8)13-10/h3-6H,2H2,1H3. The predicted octanol–water partition coefficient (Wildman–Crippen LogP) is 2.74. The number of hydrogen-bond donors (Lipinski definition) is 0. The number of fused-ring (bicyclic) bond motifs is 1. The number of halogens is 1. The summed E-state index contributed by atoms with van der Waals surface area (Å²) in [6.45, 7) is 2.50. The van der Waals surface area contributed by atoms with Crippen molar-refractivity contribution in [1.29, 1.82) is 0 Å². The molecule has 2 aliphatic rings. The molecule has 1 aliphatic heterocycles. The van der Waals surface area contributed by atoms with Crippen LogP contribution in [0.15, 0.2) is 28.7 Å². The van der Waals surface area contributed by atoms with Gasteiger partial charge in [0.05, 0.1) is 18.0 Å². The van der Waals surface area contributed by atoms with E-state index in [1.165, 1.54) is 0 Å². The highest BCUT2D eigenvalue weighted by Gasteiger charge is 2.08. The number of ether oxygens (including phenoxy) is 1. The molecule has 0 aromatic rings. The zero-order valence-electron chi connectivity index (χ0n) is 7.70. The lowest BCUT2D eigenvalue weighted by Gasteiger charge is -1.91. The number of nitrogens with zero attached hydrogens (tertiary/aromatic N) is 2. The Hall–Kier alpha value is -1.16. The van der Waals surface area contributed by atoms with Crippen molar-refractivity contribution >= 4 is 15.9 Å². The van der Waals surface area contributed by atoms with Gasteiger partial charge in [-0.25, -0.2) is 0 Å². The molecule has 0 bridgehead atoms. The highest BCUT2D eigenvalue weighted by atomic mass is 79.9. The third kappa shape index (κ3) is 1.85. The third-order valence-corrected chi connectivity index (χ3v) is 2.30. The molecule has 0 unspecified atom stereocenters. The highest BCUT2D eigenvalue weighted by molar-refractivity contribution is 9.10. The Labute approximate surface area is 90.6 Å². The van der Waals surface area contributed by atoms with E-state index in [0.29, 0.717) is 12.6 Å². The molecule has 0 amide bonds. The lowest BCUT2D eigenvalue weighted by Crippen LogP contribution is -1.91. The lowest BCUT2D eigenvalue weighted by molar-refractivity contribution is 0.316. The molecule has 0 spiro atoms. The Bertz CT molecular complexity index is 385. The normalized spacial score (nSPS) is 10.4. The van der Waals surface area contributed by atoms with Crippen LogP contribution in [-0.2, 0) is 0 Å². The summed E-state index contributed by atoms with van der Waals surface area (Å²) < 4.78 is 6.23. The Kier molecular flexibility index (Phi) is 2.63. The highest BCUT2D eigenvalue weighted by Crippen LogP contribution is 2.22. The fourth-order valence-electron chi connectivity index (χ4n) is 1.16. The summed E-state index contributed by atoms with van der Waals surface area (Å²) in [5.41, 5.74) is 1.69. The van der Waals surface area contributed by atoms with Gasteiger partial charge in [-0.2, -0.15) is 9.97 Å². The first kappa shape index (κ1) is 9.40. The molecule has 0 radical (unpaired) electrons. The topological polar surface area (TPSA) is 35.0 Å². The minimum absolute atomic E-state index is 0.449. The molecule has 0 aromatic heterocycles. The van der Waals surface area contributed by atoms with Gasteiger partial charge in [0, 0.05) is 4.47 Å². The Morgan fingerprint density at radius 3 is 2.21 bits per heavy atom. The third-order valence-electron chi connectivity index (χ3n) is 1.77. The number of aromatic nitrogens is 2. The fourth-order valence-corrected chi connectivity index (χ4v) is 1.42. The molecule has 72 valence electrons. The van der Waals surface area contributed by atoms with Crippen LogP contribution in [0.3, 0.4) is 0 Å². The van der Waals surface area contributed by atoms with Crippen LogP contribution in [0.4, 0.5) is 0 Å². The molecule has 0 saturated heterocycles. The molecule has 1 heterocycles. The van der Waals surface area contributed by atoms with Crippen molar-refractivity contribution in [2.75, 3.05) is 6.61 Å². The second kappa shape index (κ2) is 3.92. The van der Waals surface area contributed by atoms with Gasteiger partial charge in [-0.15, -0.1) is 0 Å². The Morgan fingerprint density at radius 2 is 1.71 bits per heavy atom. The average molecular weight is 253 g/mol. The first-order chi connectivity index (χ1) is 6.79. The van der Waals surface area contributed by atoms with E-state index in [1.807, 2.05) is 31.2 Å². The maximum Gasteiger partial charge on any atom is 0.317 e. The van der Waals surface area contributed by atoms with Gasteiger partial charge in [0.15, 0.2) is 0 Å². The van der Waals surface area contributed by atoms with Gasteiger partial charge < -0.3 is 4.74 Å². The van der Waals surface area contributed by atoms with E-state index in [9.17, 15) is 0 Å². The molecule has 4 heteroatoms. The Morgan fingerprint density at radius 1 is 1.14 bits per heavy atom. The molecule has 0 fully saturated rings. The maximum absolute atomic E-state index is 5.22. The van der Waals surface area contributed by atoms with Crippen molar-refractivity contribution in [2.45, 2.75) is 6.92 Å². The quantitative estimate of drug-likeness (QED) is 0.825. The first-order valence-corrected chi connectivity index (χ1v) is 5.15. The summed E-state index contributed by atoms with van der Waals surface area (Å²) in [6, 6.07) is 8.15. The van der Waals surface area contributed by atoms with Gasteiger partial charge in [0.25, 0.3) is 0 Å². The summed E-state index contributed by atoms with van der Waals surface area (Å²) in [7, 11) is 0. The number of hydrogen-bond acceptors (Lipinski definition) is 3. The van der Waals surface area contributed by atoms with E-state index in [0.717, 1.165) is 15.9 Å². The molecule has 0 saturated carbocycles. The molecule has 3 nitrogen and oxygen atoms in total. The second-order valence-corrected chi connectivity index (χ2v) is 3.68. The molecule has 0 N–H and O–H groups in total. The van der Waals surface area contributed by atoms with E-state index in [2.05, 4.69) is 25.9 Å². The summed E-state index contributed by atoms with van der Waals surface area (Å²) >= 11 is 3.39. The molecule has 1 aliphatic carbocycles. The predicted molar refractivity (Wildman–Crippen MR) is 57.5 cm³/mol. The van der Waals surface area contributed by atoms with Crippen molar-refractivity contribution in [1.82, 2.24) is 9.97 Å². The summed E-state index contributed by atoms with van der Waals surface area (Å²) in [5, 5.41) is 0. The zero-order chi connectivity index (χ0) is 9.97. The summed E-state index contributed by atoms with van der Waals surface area (Å²) in [5.74, 6) is 0. The number of rotatable bonds is 2. The van der Waals surface area contributed by atoms with Crippen LogP contribution in [0.5, 0.6) is 6.01 Å². The van der Waals surface area contributed by atoms with Crippen molar-refractivity contribution in [3.63, 3.8) is 0 Å². The molecule has 14 heavy (non-hydrogen) atoms. The largest absolute Gasteiger partial charge is 0.464 e. The Balaban J connectivity index is 2.46. The van der Waals surface area contributed by atoms with Gasteiger partial charge in [-0.1, -0.05) is 15.9 Å². The van der Waals surface area contributed by atoms with Crippen LogP contribution in [0.25, 0.3) is 11.4 Å². The molecule has 0 aromatic carbocycles. The van der Waals surface area contributed by atoms with E-state index in [1.54, 1.807) is 0 Å². The first-order valence-electron chi connectivity index (χ1n) is 4.35. The van der Waals surface area contributed by atoms with Crippen LogP contribution in [0, 0.1) is 0 Å². The molecule has 2 rings (SSSR count). The van der Waals surface area contributed by atoms with Crippen molar-refractivity contribution in [2.24, 2.45) is 0 Å². The van der Waals surface area contributed by atoms with Crippen LogP contribution >= 0.6 is 15.9 Å². The van der Waals surface area contributed by atoms with Crippen molar-refractivity contribution in [3.05, 3.63) is 28.7 Å². The van der Waals surface area contributed by atoms with Gasteiger partial charge >= 0.3 is 6.01 Å². The smallest absolute Gasteiger partial charge is 0.317 e.